The smallest absolute Gasteiger partial charge is 0.247 e. The summed E-state index contributed by atoms with van der Waals surface area (Å²) in [5.41, 5.74) is -4.09. The van der Waals surface area contributed by atoms with Crippen LogP contribution in [0.4, 0.5) is 8.78 Å². The number of carbonyl (C=O) groups is 2. The minimum absolute atomic E-state index is 0.109. The molecule has 0 saturated heterocycles. The van der Waals surface area contributed by atoms with E-state index in [0.29, 0.717) is 12.8 Å². The summed E-state index contributed by atoms with van der Waals surface area (Å²) in [5.74, 6) is -2.40. The lowest BCUT2D eigenvalue weighted by atomic mass is 9.46. The molecule has 28 heavy (non-hydrogen) atoms. The molecule has 0 radical (unpaired) electrons. The van der Waals surface area contributed by atoms with Crippen molar-refractivity contribution in [1.29, 1.82) is 0 Å². The van der Waals surface area contributed by atoms with Crippen LogP contribution in [0.2, 0.25) is 0 Å². The summed E-state index contributed by atoms with van der Waals surface area (Å²) < 4.78 is 29.0. The van der Waals surface area contributed by atoms with Crippen LogP contribution in [0.25, 0.3) is 0 Å². The van der Waals surface area contributed by atoms with E-state index in [1.165, 1.54) is 6.08 Å². The Hall–Kier alpha value is -1.44. The number of alkyl halides is 2. The number of hydrogen-bond acceptors (Lipinski definition) is 5. The van der Waals surface area contributed by atoms with Crippen LogP contribution >= 0.6 is 0 Å². The highest BCUT2D eigenvalue weighted by atomic mass is 19.3. The number of carbonyl (C=O) groups excluding carboxylic acids is 2. The molecule has 0 heterocycles. The molecule has 0 unspecified atom stereocenters. The molecule has 0 aromatic carbocycles. The quantitative estimate of drug-likeness (QED) is 0.676. The van der Waals surface area contributed by atoms with Crippen LogP contribution in [0.5, 0.6) is 0 Å². The number of allylic oxidation sites excluding steroid dienone is 4. The number of Topliss-reactive ketones (excluding diaryl/α,β-unsaturated/α-hetero) is 1. The van der Waals surface area contributed by atoms with Gasteiger partial charge in [0.05, 0.1) is 11.5 Å². The zero-order valence-corrected chi connectivity index (χ0v) is 15.8. The molecular formula is C21H26F2O5. The van der Waals surface area contributed by atoms with Crippen molar-refractivity contribution in [2.45, 2.75) is 57.2 Å². The van der Waals surface area contributed by atoms with Gasteiger partial charge in [0.1, 0.15) is 12.2 Å². The second-order valence-electron chi connectivity index (χ2n) is 9.12. The summed E-state index contributed by atoms with van der Waals surface area (Å²) >= 11 is 0. The van der Waals surface area contributed by atoms with E-state index in [2.05, 4.69) is 0 Å². The Morgan fingerprint density at radius 1 is 1.36 bits per heavy atom. The van der Waals surface area contributed by atoms with Gasteiger partial charge in [0.15, 0.2) is 11.6 Å². The third-order valence-corrected chi connectivity index (χ3v) is 8.22. The zero-order chi connectivity index (χ0) is 20.5. The van der Waals surface area contributed by atoms with Gasteiger partial charge in [0.25, 0.3) is 0 Å². The van der Waals surface area contributed by atoms with Gasteiger partial charge >= 0.3 is 0 Å². The van der Waals surface area contributed by atoms with Gasteiger partial charge in [-0.05, 0) is 56.1 Å². The molecule has 3 fully saturated rings. The molecule has 3 saturated carbocycles. The lowest BCUT2D eigenvalue weighted by Crippen LogP contribution is -2.65. The molecule has 7 heteroatoms. The summed E-state index contributed by atoms with van der Waals surface area (Å²) in [5, 5.41) is 31.4. The predicted octanol–water partition coefficient (Wildman–Crippen LogP) is 1.80. The Kier molecular flexibility index (Phi) is 4.45. The van der Waals surface area contributed by atoms with Crippen LogP contribution in [0.15, 0.2) is 23.8 Å². The molecule has 154 valence electrons. The Morgan fingerprint density at radius 3 is 2.71 bits per heavy atom. The lowest BCUT2D eigenvalue weighted by Gasteiger charge is -2.60. The number of ketones is 2. The second kappa shape index (κ2) is 6.28. The maximum atomic E-state index is 14.5. The topological polar surface area (TPSA) is 94.8 Å². The van der Waals surface area contributed by atoms with Gasteiger partial charge in [-0.3, -0.25) is 9.59 Å². The fraction of sp³-hybridized carbons (Fsp3) is 0.714. The molecule has 4 aliphatic rings. The van der Waals surface area contributed by atoms with Gasteiger partial charge in [0.2, 0.25) is 6.43 Å². The fourth-order valence-electron chi connectivity index (χ4n) is 7.00. The summed E-state index contributed by atoms with van der Waals surface area (Å²) in [6.45, 7) is 0.925. The molecule has 0 aromatic rings. The molecule has 0 amide bonds. The second-order valence-corrected chi connectivity index (χ2v) is 9.12. The average Bonchev–Trinajstić information content (AvgIpc) is 2.96. The zero-order valence-electron chi connectivity index (χ0n) is 15.8. The first-order valence-electron chi connectivity index (χ1n) is 9.89. The minimum atomic E-state index is -3.00. The first-order chi connectivity index (χ1) is 13.1. The Labute approximate surface area is 162 Å². The van der Waals surface area contributed by atoms with Crippen molar-refractivity contribution >= 4 is 11.6 Å². The van der Waals surface area contributed by atoms with Crippen molar-refractivity contribution in [1.82, 2.24) is 0 Å². The molecule has 0 aromatic heterocycles. The monoisotopic (exact) mass is 396 g/mol. The molecular weight excluding hydrogens is 370 g/mol. The maximum Gasteiger partial charge on any atom is 0.247 e. The van der Waals surface area contributed by atoms with Crippen LogP contribution in [0.1, 0.15) is 39.0 Å². The summed E-state index contributed by atoms with van der Waals surface area (Å²) in [6.07, 6.45) is 1.47. The Morgan fingerprint density at radius 2 is 2.07 bits per heavy atom. The van der Waals surface area contributed by atoms with Crippen LogP contribution in [0.3, 0.4) is 0 Å². The van der Waals surface area contributed by atoms with Gasteiger partial charge in [-0.1, -0.05) is 18.6 Å². The standard InChI is InChI=1S/C21H26F2O5/c1-19-6-4-12(25)8-11(19)2-3-13-14-5-7-21(28,16(27)10-24)20(14,18(22)23)9-15(26)17(13)19/h4,6,8,13-15,17-18,24,26,28H,2-3,5,7,9-10H2,1H3/t13-,14-,15-,17+,19-,20-,21-/m0/s1. The average molecular weight is 396 g/mol. The number of fused-ring (bicyclic) bond motifs is 5. The number of hydrogen-bond donors (Lipinski definition) is 3. The van der Waals surface area contributed by atoms with Gasteiger partial charge in [-0.25, -0.2) is 8.78 Å². The van der Waals surface area contributed by atoms with E-state index >= 15 is 0 Å². The summed E-state index contributed by atoms with van der Waals surface area (Å²) in [7, 11) is 0. The van der Waals surface area contributed by atoms with Gasteiger partial charge in [-0.15, -0.1) is 0 Å². The van der Waals surface area contributed by atoms with E-state index in [0.717, 1.165) is 5.57 Å². The van der Waals surface area contributed by atoms with Gasteiger partial charge in [0, 0.05) is 11.3 Å². The van der Waals surface area contributed by atoms with Crippen LogP contribution in [-0.4, -0.2) is 51.6 Å². The normalized spacial score (nSPS) is 47.4. The highest BCUT2D eigenvalue weighted by Crippen LogP contribution is 2.68. The van der Waals surface area contributed by atoms with Crippen molar-refractivity contribution in [3.8, 4) is 0 Å². The van der Waals surface area contributed by atoms with Crippen molar-refractivity contribution < 1.29 is 33.7 Å². The largest absolute Gasteiger partial charge is 0.393 e. The number of aliphatic hydroxyl groups excluding tert-OH is 2. The third-order valence-electron chi connectivity index (χ3n) is 8.22. The SMILES string of the molecule is C[C@]12C=CC(=O)C=C1CC[C@@H]1[C@@H]2[C@@H](O)C[C@@]2(C(F)F)[C@H]1CC[C@]2(O)C(=O)CO. The minimum Gasteiger partial charge on any atom is -0.393 e. The van der Waals surface area contributed by atoms with E-state index in [1.807, 2.05) is 6.92 Å². The lowest BCUT2D eigenvalue weighted by molar-refractivity contribution is -0.222. The Bertz CT molecular complexity index is 777. The molecule has 0 bridgehead atoms. The molecule has 4 rings (SSSR count). The molecule has 0 spiro atoms. The highest BCUT2D eigenvalue weighted by Gasteiger charge is 2.73. The van der Waals surface area contributed by atoms with E-state index in [1.54, 1.807) is 12.2 Å². The number of rotatable bonds is 3. The van der Waals surface area contributed by atoms with Crippen LogP contribution in [-0.2, 0) is 9.59 Å². The first kappa shape index (κ1) is 19.9. The molecule has 3 N–H and O–H groups in total. The highest BCUT2D eigenvalue weighted by molar-refractivity contribution is 6.01. The van der Waals surface area contributed by atoms with Crippen molar-refractivity contribution in [2.24, 2.45) is 28.6 Å². The van der Waals surface area contributed by atoms with E-state index < -0.39 is 53.7 Å². The van der Waals surface area contributed by atoms with Crippen molar-refractivity contribution in [3.63, 3.8) is 0 Å². The van der Waals surface area contributed by atoms with Crippen molar-refractivity contribution in [2.75, 3.05) is 6.61 Å². The first-order valence-corrected chi connectivity index (χ1v) is 9.89. The van der Waals surface area contributed by atoms with E-state index in [4.69, 9.17) is 0 Å². The molecule has 4 aliphatic carbocycles. The summed E-state index contributed by atoms with van der Waals surface area (Å²) in [6, 6.07) is 0. The molecule has 7 atom stereocenters. The maximum absolute atomic E-state index is 14.5. The molecule has 0 aliphatic heterocycles. The van der Waals surface area contributed by atoms with Gasteiger partial charge < -0.3 is 15.3 Å². The van der Waals surface area contributed by atoms with Crippen LogP contribution in [0, 0.1) is 28.6 Å². The number of aliphatic hydroxyl groups is 3. The Balaban J connectivity index is 1.81. The predicted molar refractivity (Wildman–Crippen MR) is 95.4 cm³/mol. The van der Waals surface area contributed by atoms with E-state index in [9.17, 15) is 33.7 Å². The van der Waals surface area contributed by atoms with Gasteiger partial charge in [-0.2, -0.15) is 0 Å². The third kappa shape index (κ3) is 2.27. The summed E-state index contributed by atoms with van der Waals surface area (Å²) in [4.78, 5) is 24.1. The van der Waals surface area contributed by atoms with Crippen molar-refractivity contribution in [3.05, 3.63) is 23.8 Å². The van der Waals surface area contributed by atoms with E-state index in [-0.39, 0.29) is 30.5 Å². The molecule has 5 nitrogen and oxygen atoms in total. The fourth-order valence-corrected chi connectivity index (χ4v) is 7.00. The number of halogens is 2. The van der Waals surface area contributed by atoms with Crippen LogP contribution < -0.4 is 0 Å².